The van der Waals surface area contributed by atoms with E-state index in [4.69, 9.17) is 33.7 Å². The Labute approximate surface area is 156 Å². The van der Waals surface area contributed by atoms with Crippen LogP contribution in [0.2, 0.25) is 10.0 Å². The molecule has 0 aliphatic carbocycles. The zero-order valence-electron chi connectivity index (χ0n) is 13.5. The molecule has 9 heteroatoms. The van der Waals surface area contributed by atoms with Crippen LogP contribution < -0.4 is 14.8 Å². The van der Waals surface area contributed by atoms with Crippen molar-refractivity contribution in [2.45, 2.75) is 11.8 Å². The van der Waals surface area contributed by atoms with E-state index >= 15 is 0 Å². The van der Waals surface area contributed by atoms with Gasteiger partial charge in [-0.15, -0.1) is 0 Å². The van der Waals surface area contributed by atoms with Crippen LogP contribution in [0.3, 0.4) is 0 Å². The minimum Gasteiger partial charge on any atom is -0.495 e. The van der Waals surface area contributed by atoms with Gasteiger partial charge in [0.25, 0.3) is 10.0 Å². The summed E-state index contributed by atoms with van der Waals surface area (Å²) < 4.78 is 32.3. The van der Waals surface area contributed by atoms with Crippen molar-refractivity contribution in [2.24, 2.45) is 5.73 Å². The molecular formula is C16H16Cl2N2O4S. The highest BCUT2D eigenvalue weighted by atomic mass is 35.5. The Morgan fingerprint density at radius 2 is 1.84 bits per heavy atom. The third kappa shape index (κ3) is 4.18. The van der Waals surface area contributed by atoms with E-state index in [0.717, 1.165) is 4.31 Å². The number of hydrogen-bond donors (Lipinski definition) is 1. The second-order valence-electron chi connectivity index (χ2n) is 5.23. The molecule has 0 aliphatic heterocycles. The standard InChI is InChI=1S/C16H16Cl2N2O4S/c1-10-3-6-14(24-2)15(7-10)25(22,23)20(9-16(19)21)11-4-5-12(17)13(18)8-11/h3-8H,9H2,1-2H3,(H2,19,21). The smallest absolute Gasteiger partial charge is 0.268 e. The summed E-state index contributed by atoms with van der Waals surface area (Å²) in [5.74, 6) is -0.665. The first-order valence-corrected chi connectivity index (χ1v) is 9.27. The number of anilines is 1. The molecule has 0 radical (unpaired) electrons. The van der Waals surface area contributed by atoms with Gasteiger partial charge in [-0.1, -0.05) is 29.3 Å². The normalized spacial score (nSPS) is 11.2. The molecule has 2 aromatic carbocycles. The quantitative estimate of drug-likeness (QED) is 0.803. The fraction of sp³-hybridized carbons (Fsp3) is 0.188. The lowest BCUT2D eigenvalue weighted by molar-refractivity contribution is -0.116. The molecular weight excluding hydrogens is 387 g/mol. The predicted octanol–water partition coefficient (Wildman–Crippen LogP) is 2.99. The van der Waals surface area contributed by atoms with Crippen molar-refractivity contribution >= 4 is 44.8 Å². The summed E-state index contributed by atoms with van der Waals surface area (Å²) in [6, 6.07) is 8.95. The van der Waals surface area contributed by atoms with E-state index in [2.05, 4.69) is 0 Å². The minimum absolute atomic E-state index is 0.0812. The van der Waals surface area contributed by atoms with Crippen LogP contribution in [0.15, 0.2) is 41.3 Å². The van der Waals surface area contributed by atoms with Crippen LogP contribution in [-0.2, 0) is 14.8 Å². The monoisotopic (exact) mass is 402 g/mol. The van der Waals surface area contributed by atoms with Gasteiger partial charge in [0.2, 0.25) is 5.91 Å². The summed E-state index contributed by atoms with van der Waals surface area (Å²) in [5, 5.41) is 0.412. The van der Waals surface area contributed by atoms with Gasteiger partial charge in [-0.05, 0) is 42.8 Å². The number of nitrogens with two attached hydrogens (primary N) is 1. The molecule has 134 valence electrons. The molecule has 0 aromatic heterocycles. The van der Waals surface area contributed by atoms with Crippen LogP contribution in [0.5, 0.6) is 5.75 Å². The van der Waals surface area contributed by atoms with E-state index in [1.54, 1.807) is 19.1 Å². The number of aryl methyl sites for hydroxylation is 1. The highest BCUT2D eigenvalue weighted by Crippen LogP contribution is 2.33. The molecule has 1 amide bonds. The fourth-order valence-electron chi connectivity index (χ4n) is 2.20. The number of primary amides is 1. The largest absolute Gasteiger partial charge is 0.495 e. The van der Waals surface area contributed by atoms with Crippen LogP contribution >= 0.6 is 23.2 Å². The second kappa shape index (κ2) is 7.51. The van der Waals surface area contributed by atoms with Crippen molar-refractivity contribution in [3.63, 3.8) is 0 Å². The zero-order valence-corrected chi connectivity index (χ0v) is 15.8. The van der Waals surface area contributed by atoms with Crippen LogP contribution in [-0.4, -0.2) is 28.0 Å². The van der Waals surface area contributed by atoms with Crippen LogP contribution in [0, 0.1) is 6.92 Å². The lowest BCUT2D eigenvalue weighted by atomic mass is 10.2. The molecule has 0 saturated carbocycles. The van der Waals surface area contributed by atoms with E-state index in [1.807, 2.05) is 0 Å². The van der Waals surface area contributed by atoms with E-state index in [-0.39, 0.29) is 26.4 Å². The van der Waals surface area contributed by atoms with E-state index in [0.29, 0.717) is 5.56 Å². The number of halogens is 2. The van der Waals surface area contributed by atoms with Crippen molar-refractivity contribution in [2.75, 3.05) is 18.0 Å². The van der Waals surface area contributed by atoms with Crippen molar-refractivity contribution in [3.8, 4) is 5.75 Å². The Morgan fingerprint density at radius 3 is 2.40 bits per heavy atom. The van der Waals surface area contributed by atoms with Gasteiger partial charge < -0.3 is 10.5 Å². The van der Waals surface area contributed by atoms with Gasteiger partial charge in [0.15, 0.2) is 0 Å². The van der Waals surface area contributed by atoms with Gasteiger partial charge in [0.05, 0.1) is 22.8 Å². The molecule has 2 rings (SSSR count). The lowest BCUT2D eigenvalue weighted by Crippen LogP contribution is -2.38. The maximum absolute atomic E-state index is 13.2. The molecule has 2 aromatic rings. The van der Waals surface area contributed by atoms with Gasteiger partial charge in [-0.3, -0.25) is 9.10 Å². The summed E-state index contributed by atoms with van der Waals surface area (Å²) in [4.78, 5) is 11.4. The number of carbonyl (C=O) groups is 1. The minimum atomic E-state index is -4.14. The van der Waals surface area contributed by atoms with Crippen LogP contribution in [0.1, 0.15) is 5.56 Å². The second-order valence-corrected chi connectivity index (χ2v) is 7.88. The summed E-state index contributed by atoms with van der Waals surface area (Å²) in [6.07, 6.45) is 0. The topological polar surface area (TPSA) is 89.7 Å². The van der Waals surface area contributed by atoms with Crippen molar-refractivity contribution in [1.29, 1.82) is 0 Å². The summed E-state index contributed by atoms with van der Waals surface area (Å²) >= 11 is 11.9. The molecule has 0 fully saturated rings. The average Bonchev–Trinajstić information content (AvgIpc) is 2.55. The molecule has 0 atom stereocenters. The summed E-state index contributed by atoms with van der Waals surface area (Å²) in [7, 11) is -2.78. The highest BCUT2D eigenvalue weighted by molar-refractivity contribution is 7.93. The highest BCUT2D eigenvalue weighted by Gasteiger charge is 2.30. The molecule has 0 aliphatic rings. The average molecular weight is 403 g/mol. The Balaban J connectivity index is 2.66. The number of carbonyl (C=O) groups excluding carboxylic acids is 1. The van der Waals surface area contributed by atoms with Crippen molar-refractivity contribution < 1.29 is 17.9 Å². The molecule has 25 heavy (non-hydrogen) atoms. The van der Waals surface area contributed by atoms with Gasteiger partial charge in [0, 0.05) is 0 Å². The first kappa shape index (κ1) is 19.4. The fourth-order valence-corrected chi connectivity index (χ4v) is 4.16. The number of amides is 1. The van der Waals surface area contributed by atoms with Gasteiger partial charge in [-0.25, -0.2) is 8.42 Å². The number of ether oxygens (including phenoxy) is 1. The SMILES string of the molecule is COc1ccc(C)cc1S(=O)(=O)N(CC(N)=O)c1ccc(Cl)c(Cl)c1. The van der Waals surface area contributed by atoms with E-state index < -0.39 is 22.5 Å². The Hall–Kier alpha value is -1.96. The Kier molecular flexibility index (Phi) is 5.82. The van der Waals surface area contributed by atoms with Gasteiger partial charge in [0.1, 0.15) is 17.2 Å². The molecule has 6 nitrogen and oxygen atoms in total. The molecule has 0 saturated heterocycles. The van der Waals surface area contributed by atoms with E-state index in [9.17, 15) is 13.2 Å². The summed E-state index contributed by atoms with van der Waals surface area (Å²) in [6.45, 7) is 1.19. The number of benzene rings is 2. The van der Waals surface area contributed by atoms with Gasteiger partial charge in [-0.2, -0.15) is 0 Å². The Bertz CT molecular complexity index is 916. The third-order valence-corrected chi connectivity index (χ3v) is 5.91. The maximum Gasteiger partial charge on any atom is 0.268 e. The zero-order chi connectivity index (χ0) is 18.8. The number of rotatable bonds is 6. The Morgan fingerprint density at radius 1 is 1.16 bits per heavy atom. The predicted molar refractivity (Wildman–Crippen MR) is 97.9 cm³/mol. The number of hydrogen-bond acceptors (Lipinski definition) is 4. The lowest BCUT2D eigenvalue weighted by Gasteiger charge is -2.24. The van der Waals surface area contributed by atoms with Crippen LogP contribution in [0.4, 0.5) is 5.69 Å². The van der Waals surface area contributed by atoms with Crippen molar-refractivity contribution in [3.05, 3.63) is 52.0 Å². The third-order valence-electron chi connectivity index (χ3n) is 3.38. The number of nitrogens with zero attached hydrogens (tertiary/aromatic N) is 1. The molecule has 0 spiro atoms. The molecule has 2 N–H and O–H groups in total. The number of sulfonamides is 1. The first-order chi connectivity index (χ1) is 11.7. The van der Waals surface area contributed by atoms with Gasteiger partial charge >= 0.3 is 0 Å². The first-order valence-electron chi connectivity index (χ1n) is 7.07. The molecule has 0 heterocycles. The number of methoxy groups -OCH3 is 1. The van der Waals surface area contributed by atoms with E-state index in [1.165, 1.54) is 31.4 Å². The maximum atomic E-state index is 13.2. The summed E-state index contributed by atoms with van der Waals surface area (Å²) in [5.41, 5.74) is 6.12. The molecule has 0 bridgehead atoms. The van der Waals surface area contributed by atoms with Crippen molar-refractivity contribution in [1.82, 2.24) is 0 Å². The van der Waals surface area contributed by atoms with Crippen LogP contribution in [0.25, 0.3) is 0 Å². The molecule has 0 unspecified atom stereocenters.